The van der Waals surface area contributed by atoms with E-state index >= 15 is 14.4 Å². The Balaban J connectivity index is 1.53. The van der Waals surface area contributed by atoms with Crippen molar-refractivity contribution in [2.24, 2.45) is 11.8 Å². The minimum absolute atomic E-state index is 0.0276. The number of ether oxygens (including phenoxy) is 1. The number of non-ortho nitro benzene ring substituents is 1. The zero-order valence-corrected chi connectivity index (χ0v) is 27.9. The molecule has 1 saturated carbocycles. The van der Waals surface area contributed by atoms with Gasteiger partial charge in [0.15, 0.2) is 5.78 Å². The summed E-state index contributed by atoms with van der Waals surface area (Å²) in [5, 5.41) is 12.5. The van der Waals surface area contributed by atoms with Gasteiger partial charge in [0, 0.05) is 16.1 Å². The van der Waals surface area contributed by atoms with Crippen LogP contribution in [0.2, 0.25) is 10.0 Å². The van der Waals surface area contributed by atoms with E-state index in [4.69, 9.17) is 27.9 Å². The SMILES string of the molecule is COc1cc([N+](=O)[O-])ccc1N1C(=O)[C@@H]2[C@H](C1=O)[C@@]1(c3ccc(Cl)cc3)C(=O)[C@@]2(c2ccc(Cl)cc2)C(c2ccccc2)=C1c1ccccc1. The van der Waals surface area contributed by atoms with E-state index in [1.54, 1.807) is 48.5 Å². The Kier molecular flexibility index (Phi) is 7.29. The van der Waals surface area contributed by atoms with Gasteiger partial charge >= 0.3 is 0 Å². The number of nitro groups is 1. The van der Waals surface area contributed by atoms with E-state index in [9.17, 15) is 10.1 Å². The second-order valence-electron chi connectivity index (χ2n) is 12.5. The molecule has 0 unspecified atom stereocenters. The number of carbonyl (C=O) groups excluding carboxylic acids is 3. The predicted molar refractivity (Wildman–Crippen MR) is 190 cm³/mol. The number of amides is 2. The first kappa shape index (κ1) is 31.7. The molecular weight excluding hydrogens is 675 g/mol. The summed E-state index contributed by atoms with van der Waals surface area (Å²) < 4.78 is 5.53. The van der Waals surface area contributed by atoms with E-state index in [0.717, 1.165) is 16.0 Å². The van der Waals surface area contributed by atoms with Crippen LogP contribution in [0.5, 0.6) is 5.75 Å². The number of fused-ring (bicyclic) bond motifs is 5. The number of methoxy groups -OCH3 is 1. The third-order valence-corrected chi connectivity index (χ3v) is 10.8. The van der Waals surface area contributed by atoms with E-state index in [1.807, 2.05) is 60.7 Å². The molecule has 8 nitrogen and oxygen atoms in total. The smallest absolute Gasteiger partial charge is 0.273 e. The highest BCUT2D eigenvalue weighted by atomic mass is 35.5. The van der Waals surface area contributed by atoms with Crippen molar-refractivity contribution in [1.29, 1.82) is 0 Å². The average molecular weight is 702 g/mol. The molecule has 0 spiro atoms. The van der Waals surface area contributed by atoms with E-state index in [0.29, 0.717) is 32.3 Å². The summed E-state index contributed by atoms with van der Waals surface area (Å²) in [6, 6.07) is 36.3. The van der Waals surface area contributed by atoms with Crippen LogP contribution in [-0.2, 0) is 25.2 Å². The Labute approximate surface area is 296 Å². The normalized spacial score (nSPS) is 23.8. The van der Waals surface area contributed by atoms with Gasteiger partial charge in [-0.2, -0.15) is 0 Å². The highest BCUT2D eigenvalue weighted by Crippen LogP contribution is 2.74. The highest BCUT2D eigenvalue weighted by Gasteiger charge is 2.83. The molecule has 50 heavy (non-hydrogen) atoms. The topological polar surface area (TPSA) is 107 Å². The summed E-state index contributed by atoms with van der Waals surface area (Å²) >= 11 is 12.8. The fraction of sp³-hybridized carbons (Fsp3) is 0.125. The number of Topliss-reactive ketones (excluding diaryl/α,β-unsaturated/α-hetero) is 1. The van der Waals surface area contributed by atoms with Crippen LogP contribution in [0.3, 0.4) is 0 Å². The number of nitrogens with zero attached hydrogens (tertiary/aromatic N) is 2. The summed E-state index contributed by atoms with van der Waals surface area (Å²) in [5.74, 6) is -3.98. The molecule has 10 heteroatoms. The van der Waals surface area contributed by atoms with Crippen LogP contribution in [-0.4, -0.2) is 29.6 Å². The number of benzene rings is 5. The van der Waals surface area contributed by atoms with Gasteiger partial charge < -0.3 is 4.74 Å². The summed E-state index contributed by atoms with van der Waals surface area (Å²) in [4.78, 5) is 58.5. The lowest BCUT2D eigenvalue weighted by atomic mass is 9.59. The Morgan fingerprint density at radius 3 is 1.50 bits per heavy atom. The second kappa shape index (κ2) is 11.5. The molecule has 0 N–H and O–H groups in total. The van der Waals surface area contributed by atoms with Crippen molar-refractivity contribution in [2.45, 2.75) is 10.8 Å². The highest BCUT2D eigenvalue weighted by molar-refractivity contribution is 6.39. The van der Waals surface area contributed by atoms with Crippen LogP contribution in [0.15, 0.2) is 127 Å². The number of nitro benzene ring substituents is 1. The predicted octanol–water partition coefficient (Wildman–Crippen LogP) is 8.10. The number of anilines is 1. The molecule has 5 aromatic carbocycles. The Morgan fingerprint density at radius 2 is 1.10 bits per heavy atom. The van der Waals surface area contributed by atoms with Crippen LogP contribution >= 0.6 is 23.2 Å². The summed E-state index contributed by atoms with van der Waals surface area (Å²) in [5.41, 5.74) is 0.170. The molecule has 0 radical (unpaired) electrons. The molecule has 2 fully saturated rings. The van der Waals surface area contributed by atoms with Crippen molar-refractivity contribution in [2.75, 3.05) is 12.0 Å². The first-order valence-corrected chi connectivity index (χ1v) is 16.6. The van der Waals surface area contributed by atoms with Crippen molar-refractivity contribution >= 4 is 63.3 Å². The van der Waals surface area contributed by atoms with E-state index < -0.39 is 39.4 Å². The number of hydrogen-bond donors (Lipinski definition) is 0. The van der Waals surface area contributed by atoms with Gasteiger partial charge in [-0.1, -0.05) is 108 Å². The van der Waals surface area contributed by atoms with Gasteiger partial charge in [0.25, 0.3) is 5.69 Å². The minimum Gasteiger partial charge on any atom is -0.494 e. The third kappa shape index (κ3) is 4.09. The van der Waals surface area contributed by atoms with Crippen molar-refractivity contribution in [3.05, 3.63) is 170 Å². The molecule has 1 saturated heterocycles. The van der Waals surface area contributed by atoms with Crippen molar-refractivity contribution in [3.8, 4) is 5.75 Å². The Hall–Kier alpha value is -5.57. The number of rotatable bonds is 7. The minimum atomic E-state index is -1.66. The number of allylic oxidation sites excluding steroid dienone is 2. The van der Waals surface area contributed by atoms with E-state index in [2.05, 4.69) is 0 Å². The number of halogens is 2. The second-order valence-corrected chi connectivity index (χ2v) is 13.4. The fourth-order valence-corrected chi connectivity index (χ4v) is 8.81. The Morgan fingerprint density at radius 1 is 0.660 bits per heavy atom. The zero-order chi connectivity index (χ0) is 34.9. The Bertz CT molecular complexity index is 2150. The molecular formula is C40H26Cl2N2O6. The van der Waals surface area contributed by atoms with Crippen LogP contribution in [0.25, 0.3) is 11.1 Å². The fourth-order valence-electron chi connectivity index (χ4n) is 8.56. The molecule has 3 aliphatic rings. The molecule has 2 bridgehead atoms. The molecule has 2 amide bonds. The van der Waals surface area contributed by atoms with Crippen LogP contribution in [0.1, 0.15) is 22.3 Å². The molecule has 8 rings (SSSR count). The van der Waals surface area contributed by atoms with Crippen LogP contribution < -0.4 is 9.64 Å². The van der Waals surface area contributed by atoms with Crippen molar-refractivity contribution < 1.29 is 24.0 Å². The third-order valence-electron chi connectivity index (χ3n) is 10.3. The lowest BCUT2D eigenvalue weighted by Crippen LogP contribution is -2.45. The first-order chi connectivity index (χ1) is 24.2. The average Bonchev–Trinajstić information content (AvgIpc) is 3.64. The number of hydrogen-bond acceptors (Lipinski definition) is 6. The van der Waals surface area contributed by atoms with Gasteiger partial charge in [0.1, 0.15) is 5.75 Å². The maximum atomic E-state index is 16.0. The summed E-state index contributed by atoms with van der Waals surface area (Å²) in [7, 11) is 1.31. The lowest BCUT2D eigenvalue weighted by molar-refractivity contribution is -0.384. The number of imide groups is 1. The molecule has 0 aromatic heterocycles. The molecule has 1 aliphatic heterocycles. The first-order valence-electron chi connectivity index (χ1n) is 15.8. The van der Waals surface area contributed by atoms with Gasteiger partial charge in [0.05, 0.1) is 46.5 Å². The van der Waals surface area contributed by atoms with Gasteiger partial charge in [0.2, 0.25) is 11.8 Å². The number of carbonyl (C=O) groups is 3. The van der Waals surface area contributed by atoms with Gasteiger partial charge in [-0.15, -0.1) is 0 Å². The molecule has 2 aliphatic carbocycles. The molecule has 1 heterocycles. The van der Waals surface area contributed by atoms with Crippen LogP contribution in [0.4, 0.5) is 11.4 Å². The molecule has 246 valence electrons. The standard InChI is InChI=1S/C40H26Cl2N2O6/c1-50-31-22-29(44(48)49)20-21-30(31)43-36(45)34-35(37(43)46)40(26-14-18-28(42)19-15-26)33(24-10-6-3-7-11-24)32(23-8-4-2-5-9-23)39(34,38(40)47)25-12-16-27(41)17-13-25/h2-22,34-35H,1H3/t34-,35+,39-,40-/m0/s1. The lowest BCUT2D eigenvalue weighted by Gasteiger charge is -2.39. The maximum Gasteiger partial charge on any atom is 0.273 e. The van der Waals surface area contributed by atoms with Gasteiger partial charge in [-0.3, -0.25) is 24.5 Å². The van der Waals surface area contributed by atoms with E-state index in [1.165, 1.54) is 25.3 Å². The quantitative estimate of drug-likeness (QED) is 0.0965. The number of ketones is 1. The van der Waals surface area contributed by atoms with Crippen LogP contribution in [0, 0.1) is 22.0 Å². The van der Waals surface area contributed by atoms with Gasteiger partial charge in [-0.05, 0) is 63.7 Å². The summed E-state index contributed by atoms with van der Waals surface area (Å²) in [6.45, 7) is 0. The molecule has 5 aromatic rings. The van der Waals surface area contributed by atoms with Gasteiger partial charge in [-0.25, -0.2) is 4.90 Å². The molecule has 4 atom stereocenters. The van der Waals surface area contributed by atoms with E-state index in [-0.39, 0.29) is 22.9 Å². The zero-order valence-electron chi connectivity index (χ0n) is 26.4. The summed E-state index contributed by atoms with van der Waals surface area (Å²) in [6.07, 6.45) is 0. The maximum absolute atomic E-state index is 16.0. The largest absolute Gasteiger partial charge is 0.494 e. The van der Waals surface area contributed by atoms with Crippen molar-refractivity contribution in [3.63, 3.8) is 0 Å². The monoisotopic (exact) mass is 700 g/mol. The van der Waals surface area contributed by atoms with Crippen molar-refractivity contribution in [1.82, 2.24) is 0 Å².